The minimum Gasteiger partial charge on any atom is -0.494 e. The SMILES string of the molecule is CCOc1ccc(-c2nc(CC(=O)NC(C)c3nc(-c4ccccc4)cs3)cs2)cc1. The van der Waals surface area contributed by atoms with E-state index in [9.17, 15) is 4.79 Å². The Morgan fingerprint density at radius 1 is 1.00 bits per heavy atom. The molecule has 0 fully saturated rings. The Morgan fingerprint density at radius 3 is 2.52 bits per heavy atom. The van der Waals surface area contributed by atoms with Crippen LogP contribution in [0.25, 0.3) is 21.8 Å². The highest BCUT2D eigenvalue weighted by Gasteiger charge is 2.16. The summed E-state index contributed by atoms with van der Waals surface area (Å²) in [6.45, 7) is 4.56. The monoisotopic (exact) mass is 449 g/mol. The quantitative estimate of drug-likeness (QED) is 0.372. The van der Waals surface area contributed by atoms with Gasteiger partial charge in [0.1, 0.15) is 15.8 Å². The molecule has 158 valence electrons. The zero-order chi connectivity index (χ0) is 21.6. The smallest absolute Gasteiger partial charge is 0.226 e. The van der Waals surface area contributed by atoms with Crippen molar-refractivity contribution < 1.29 is 9.53 Å². The number of thiazole rings is 2. The number of hydrogen-bond donors (Lipinski definition) is 1. The highest BCUT2D eigenvalue weighted by atomic mass is 32.1. The largest absolute Gasteiger partial charge is 0.494 e. The average Bonchev–Trinajstić information content (AvgIpc) is 3.45. The number of nitrogens with one attached hydrogen (secondary N) is 1. The van der Waals surface area contributed by atoms with E-state index in [1.54, 1.807) is 11.3 Å². The zero-order valence-electron chi connectivity index (χ0n) is 17.4. The number of nitrogens with zero attached hydrogens (tertiary/aromatic N) is 2. The second-order valence-corrected chi connectivity index (χ2v) is 8.75. The molecule has 1 N–H and O–H groups in total. The lowest BCUT2D eigenvalue weighted by Gasteiger charge is -2.10. The van der Waals surface area contributed by atoms with Crippen LogP contribution in [0, 0.1) is 0 Å². The fourth-order valence-corrected chi connectivity index (χ4v) is 4.79. The minimum atomic E-state index is -0.154. The lowest BCUT2D eigenvalue weighted by atomic mass is 10.2. The predicted octanol–water partition coefficient (Wildman–Crippen LogP) is 5.75. The Kier molecular flexibility index (Phi) is 6.74. The molecule has 1 atom stereocenters. The molecular weight excluding hydrogens is 426 g/mol. The van der Waals surface area contributed by atoms with Gasteiger partial charge in [-0.15, -0.1) is 22.7 Å². The first-order valence-corrected chi connectivity index (χ1v) is 11.9. The molecule has 1 unspecified atom stereocenters. The summed E-state index contributed by atoms with van der Waals surface area (Å²) in [7, 11) is 0. The summed E-state index contributed by atoms with van der Waals surface area (Å²) in [5.41, 5.74) is 3.79. The van der Waals surface area contributed by atoms with E-state index in [1.165, 1.54) is 11.3 Å². The number of benzene rings is 2. The maximum absolute atomic E-state index is 12.5. The molecule has 5 nitrogen and oxygen atoms in total. The van der Waals surface area contributed by atoms with E-state index in [0.717, 1.165) is 38.3 Å². The van der Waals surface area contributed by atoms with Gasteiger partial charge in [0.05, 0.1) is 30.5 Å². The van der Waals surface area contributed by atoms with E-state index in [-0.39, 0.29) is 18.4 Å². The van der Waals surface area contributed by atoms with Crippen molar-refractivity contribution in [3.63, 3.8) is 0 Å². The summed E-state index contributed by atoms with van der Waals surface area (Å²) in [6, 6.07) is 17.7. The Hall–Kier alpha value is -3.03. The van der Waals surface area contributed by atoms with E-state index in [2.05, 4.69) is 15.3 Å². The van der Waals surface area contributed by atoms with Crippen LogP contribution in [0.3, 0.4) is 0 Å². The third-order valence-corrected chi connectivity index (χ3v) is 6.61. The second kappa shape index (κ2) is 9.85. The first-order chi connectivity index (χ1) is 15.1. The van der Waals surface area contributed by atoms with Crippen LogP contribution >= 0.6 is 22.7 Å². The van der Waals surface area contributed by atoms with Gasteiger partial charge >= 0.3 is 0 Å². The van der Waals surface area contributed by atoms with Gasteiger partial charge in [-0.1, -0.05) is 30.3 Å². The second-order valence-electron chi connectivity index (χ2n) is 7.00. The number of hydrogen-bond acceptors (Lipinski definition) is 6. The van der Waals surface area contributed by atoms with Crippen LogP contribution in [0.1, 0.15) is 30.6 Å². The van der Waals surface area contributed by atoms with Crippen LogP contribution in [0.4, 0.5) is 0 Å². The lowest BCUT2D eigenvalue weighted by molar-refractivity contribution is -0.121. The number of carbonyl (C=O) groups is 1. The Labute approximate surface area is 189 Å². The van der Waals surface area contributed by atoms with Gasteiger partial charge < -0.3 is 10.1 Å². The third-order valence-electron chi connectivity index (χ3n) is 4.65. The standard InChI is InChI=1S/C24H23N3O2S2/c1-3-29-20-11-9-18(10-12-20)24-26-19(14-30-24)13-22(28)25-16(2)23-27-21(15-31-23)17-7-5-4-6-8-17/h4-12,14-16H,3,13H2,1-2H3,(H,25,28). The van der Waals surface area contributed by atoms with Crippen LogP contribution in [0.5, 0.6) is 5.75 Å². The Morgan fingerprint density at radius 2 is 1.77 bits per heavy atom. The molecule has 2 aromatic carbocycles. The zero-order valence-corrected chi connectivity index (χ0v) is 19.0. The van der Waals surface area contributed by atoms with E-state index < -0.39 is 0 Å². The first-order valence-electron chi connectivity index (χ1n) is 10.1. The third kappa shape index (κ3) is 5.37. The Bertz CT molecular complexity index is 1140. The molecule has 0 bridgehead atoms. The molecule has 0 aliphatic heterocycles. The van der Waals surface area contributed by atoms with Gasteiger partial charge in [-0.2, -0.15) is 0 Å². The summed E-state index contributed by atoms with van der Waals surface area (Å²) in [4.78, 5) is 21.9. The molecule has 2 aromatic heterocycles. The summed E-state index contributed by atoms with van der Waals surface area (Å²) < 4.78 is 5.48. The van der Waals surface area contributed by atoms with Crippen LogP contribution in [0.15, 0.2) is 65.4 Å². The molecule has 0 aliphatic carbocycles. The predicted molar refractivity (Wildman–Crippen MR) is 127 cm³/mol. The van der Waals surface area contributed by atoms with Gasteiger partial charge in [0.2, 0.25) is 5.91 Å². The summed E-state index contributed by atoms with van der Waals surface area (Å²) in [5, 5.41) is 8.78. The molecule has 4 rings (SSSR count). The molecule has 7 heteroatoms. The highest BCUT2D eigenvalue weighted by Crippen LogP contribution is 2.27. The number of ether oxygens (including phenoxy) is 1. The van der Waals surface area contributed by atoms with Gasteiger partial charge in [0.25, 0.3) is 0 Å². The molecule has 0 saturated carbocycles. The van der Waals surface area contributed by atoms with Crippen LogP contribution in [0.2, 0.25) is 0 Å². The van der Waals surface area contributed by atoms with Crippen molar-refractivity contribution >= 4 is 28.6 Å². The topological polar surface area (TPSA) is 64.1 Å². The van der Waals surface area contributed by atoms with E-state index in [1.807, 2.05) is 79.2 Å². The van der Waals surface area contributed by atoms with Gasteiger partial charge in [-0.25, -0.2) is 9.97 Å². The number of carbonyl (C=O) groups excluding carboxylic acids is 1. The van der Waals surface area contributed by atoms with Crippen molar-refractivity contribution in [2.45, 2.75) is 26.3 Å². The maximum Gasteiger partial charge on any atom is 0.226 e. The summed E-state index contributed by atoms with van der Waals surface area (Å²) in [6.07, 6.45) is 0.245. The van der Waals surface area contributed by atoms with Gasteiger partial charge in [-0.3, -0.25) is 4.79 Å². The number of amides is 1. The highest BCUT2D eigenvalue weighted by molar-refractivity contribution is 7.13. The number of rotatable bonds is 8. The maximum atomic E-state index is 12.5. The molecule has 0 aliphatic rings. The normalized spacial score (nSPS) is 11.8. The molecule has 4 aromatic rings. The van der Waals surface area contributed by atoms with Crippen molar-refractivity contribution in [3.05, 3.63) is 76.1 Å². The number of aromatic nitrogens is 2. The van der Waals surface area contributed by atoms with Crippen LogP contribution < -0.4 is 10.1 Å². The molecular formula is C24H23N3O2S2. The van der Waals surface area contributed by atoms with E-state index >= 15 is 0 Å². The van der Waals surface area contributed by atoms with Crippen molar-refractivity contribution in [1.82, 2.24) is 15.3 Å². The summed E-state index contributed by atoms with van der Waals surface area (Å²) >= 11 is 3.09. The van der Waals surface area contributed by atoms with Crippen LogP contribution in [-0.2, 0) is 11.2 Å². The molecule has 1 amide bonds. The van der Waals surface area contributed by atoms with Crippen molar-refractivity contribution in [2.75, 3.05) is 6.61 Å². The molecule has 0 saturated heterocycles. The fourth-order valence-electron chi connectivity index (χ4n) is 3.13. The molecule has 0 radical (unpaired) electrons. The average molecular weight is 450 g/mol. The van der Waals surface area contributed by atoms with Crippen molar-refractivity contribution in [3.8, 4) is 27.6 Å². The molecule has 2 heterocycles. The Balaban J connectivity index is 1.35. The van der Waals surface area contributed by atoms with Crippen molar-refractivity contribution in [1.29, 1.82) is 0 Å². The molecule has 0 spiro atoms. The first kappa shape index (κ1) is 21.2. The van der Waals surface area contributed by atoms with Gasteiger partial charge in [0.15, 0.2) is 0 Å². The van der Waals surface area contributed by atoms with E-state index in [4.69, 9.17) is 4.74 Å². The van der Waals surface area contributed by atoms with Gasteiger partial charge in [0, 0.05) is 21.9 Å². The lowest BCUT2D eigenvalue weighted by Crippen LogP contribution is -2.28. The van der Waals surface area contributed by atoms with Crippen molar-refractivity contribution in [2.24, 2.45) is 0 Å². The molecule has 31 heavy (non-hydrogen) atoms. The fraction of sp³-hybridized carbons (Fsp3) is 0.208. The van der Waals surface area contributed by atoms with Gasteiger partial charge in [-0.05, 0) is 38.1 Å². The minimum absolute atomic E-state index is 0.0625. The van der Waals surface area contributed by atoms with E-state index in [0.29, 0.717) is 6.61 Å². The summed E-state index contributed by atoms with van der Waals surface area (Å²) in [5.74, 6) is 0.779. The van der Waals surface area contributed by atoms with Crippen LogP contribution in [-0.4, -0.2) is 22.5 Å².